The number of hydrogen-bond acceptors (Lipinski definition) is 15. The molecule has 0 saturated carbocycles. The summed E-state index contributed by atoms with van der Waals surface area (Å²) in [6.07, 6.45) is 0. The summed E-state index contributed by atoms with van der Waals surface area (Å²) >= 11 is 0. The van der Waals surface area contributed by atoms with Gasteiger partial charge in [-0.2, -0.15) is 10.2 Å². The zero-order valence-corrected chi connectivity index (χ0v) is 36.8. The standard InChI is InChI=1S/C49H39N15O6/c1-63(51)49(68)64(52)39-7-3-6-38(27-39)55-47(66)31-9-21-41-29(25-31)11-23-43(62-70)45(41)60-58-35-18-14-33(15-19-35)53-32-12-16-34(17-13-32)57-59-44-40-20-8-30(24-28(40)10-22-42(44)61-69)46(65)54-36-4-2-5-37(26-36)56-48(50)67/h2-27,53H,51-52H2,1H3,(H,54,65)(H,55,66)(H3,50,56,67). The van der Waals surface area contributed by atoms with Gasteiger partial charge in [-0.15, -0.1) is 20.0 Å². The molecule has 0 bridgehead atoms. The smallest absolute Gasteiger partial charge is 0.352 e. The first-order valence-corrected chi connectivity index (χ1v) is 20.9. The summed E-state index contributed by atoms with van der Waals surface area (Å²) in [5, 5.41) is 39.1. The molecule has 0 aliphatic rings. The predicted molar refractivity (Wildman–Crippen MR) is 269 cm³/mol. The van der Waals surface area contributed by atoms with Crippen LogP contribution >= 0.6 is 0 Å². The minimum absolute atomic E-state index is 0.0615. The molecule has 10 N–H and O–H groups in total. The Kier molecular flexibility index (Phi) is 13.7. The minimum atomic E-state index is -0.730. The molecule has 0 aromatic heterocycles. The van der Waals surface area contributed by atoms with E-state index in [4.69, 9.17) is 17.4 Å². The fourth-order valence-corrected chi connectivity index (χ4v) is 7.09. The normalized spacial score (nSPS) is 11.1. The lowest BCUT2D eigenvalue weighted by atomic mass is 10.0. The van der Waals surface area contributed by atoms with Crippen LogP contribution in [0.5, 0.6) is 0 Å². The second-order valence-electron chi connectivity index (χ2n) is 15.3. The highest BCUT2D eigenvalue weighted by Gasteiger charge is 2.17. The van der Waals surface area contributed by atoms with Crippen LogP contribution in [-0.4, -0.2) is 35.9 Å². The molecule has 346 valence electrons. The summed E-state index contributed by atoms with van der Waals surface area (Å²) in [6, 6.07) is 41.8. The van der Waals surface area contributed by atoms with Crippen molar-refractivity contribution in [2.45, 2.75) is 0 Å². The number of nitrogens with two attached hydrogens (primary N) is 3. The number of nitrogens with zero attached hydrogens (tertiary/aromatic N) is 8. The lowest BCUT2D eigenvalue weighted by molar-refractivity contribution is 0.101. The van der Waals surface area contributed by atoms with Crippen LogP contribution in [0.25, 0.3) is 21.5 Å². The molecule has 8 rings (SSSR count). The van der Waals surface area contributed by atoms with E-state index in [2.05, 4.69) is 52.1 Å². The van der Waals surface area contributed by atoms with Gasteiger partial charge in [-0.1, -0.05) is 36.4 Å². The molecule has 70 heavy (non-hydrogen) atoms. The summed E-state index contributed by atoms with van der Waals surface area (Å²) in [5.41, 5.74) is 10.5. The largest absolute Gasteiger partial charge is 0.356 e. The Bertz CT molecular complexity index is 3420. The van der Waals surface area contributed by atoms with E-state index in [1.54, 1.807) is 140 Å². The Balaban J connectivity index is 0.909. The number of carbonyl (C=O) groups excluding carboxylic acids is 4. The maximum atomic E-state index is 13.3. The van der Waals surface area contributed by atoms with Gasteiger partial charge in [-0.3, -0.25) is 14.6 Å². The number of azo groups is 2. The van der Waals surface area contributed by atoms with E-state index < -0.39 is 23.9 Å². The van der Waals surface area contributed by atoms with Crippen LogP contribution in [0, 0.1) is 9.81 Å². The molecule has 0 radical (unpaired) electrons. The molecule has 6 amide bonds. The number of hydrazine groups is 2. The lowest BCUT2D eigenvalue weighted by Crippen LogP contribution is -2.48. The molecule has 0 fully saturated rings. The zero-order valence-electron chi connectivity index (χ0n) is 36.8. The number of amides is 6. The van der Waals surface area contributed by atoms with Gasteiger partial charge in [0.25, 0.3) is 11.8 Å². The second kappa shape index (κ2) is 20.6. The first-order chi connectivity index (χ1) is 33.8. The van der Waals surface area contributed by atoms with Crippen molar-refractivity contribution < 1.29 is 19.2 Å². The molecule has 0 saturated heterocycles. The average molecular weight is 934 g/mol. The van der Waals surface area contributed by atoms with Crippen molar-refractivity contribution in [2.24, 2.45) is 48.2 Å². The van der Waals surface area contributed by atoms with Crippen molar-refractivity contribution in [3.05, 3.63) is 179 Å². The van der Waals surface area contributed by atoms with Crippen LogP contribution in [0.2, 0.25) is 0 Å². The van der Waals surface area contributed by atoms with Crippen molar-refractivity contribution in [1.29, 1.82) is 0 Å². The summed E-state index contributed by atoms with van der Waals surface area (Å²) in [4.78, 5) is 73.4. The summed E-state index contributed by atoms with van der Waals surface area (Å²) in [6.45, 7) is 0. The Morgan fingerprint density at radius 1 is 0.486 bits per heavy atom. The van der Waals surface area contributed by atoms with Gasteiger partial charge in [-0.25, -0.2) is 26.3 Å². The SMILES string of the molecule is CN(N)C(=O)N(N)c1cccc(NC(=O)c2ccc3c(N=Nc4ccc(Nc5ccc(N=Nc6c(N=O)ccc7cc(C(=O)Nc8cccc(NC(N)=O)c8)ccc67)cc5)cc4)c(N=O)ccc3c2)c1. The minimum Gasteiger partial charge on any atom is -0.356 e. The highest BCUT2D eigenvalue weighted by Crippen LogP contribution is 2.39. The monoisotopic (exact) mass is 933 g/mol. The van der Waals surface area contributed by atoms with E-state index in [0.29, 0.717) is 66.8 Å². The number of anilines is 6. The summed E-state index contributed by atoms with van der Waals surface area (Å²) < 4.78 is 0. The Morgan fingerprint density at radius 2 is 0.943 bits per heavy atom. The van der Waals surface area contributed by atoms with E-state index in [9.17, 15) is 29.0 Å². The first kappa shape index (κ1) is 46.4. The Hall–Kier alpha value is -10.1. The van der Waals surface area contributed by atoms with Crippen molar-refractivity contribution in [3.8, 4) is 0 Å². The van der Waals surface area contributed by atoms with Gasteiger partial charge in [0.2, 0.25) is 0 Å². The van der Waals surface area contributed by atoms with Gasteiger partial charge in [0.15, 0.2) is 0 Å². The van der Waals surface area contributed by atoms with Crippen LogP contribution in [0.4, 0.5) is 77.8 Å². The van der Waals surface area contributed by atoms with Crippen LogP contribution in [0.3, 0.4) is 0 Å². The summed E-state index contributed by atoms with van der Waals surface area (Å²) in [5.74, 6) is 10.6. The van der Waals surface area contributed by atoms with Crippen LogP contribution < -0.4 is 43.7 Å². The molecule has 0 aliphatic carbocycles. The number of urea groups is 2. The van der Waals surface area contributed by atoms with Crippen molar-refractivity contribution in [3.63, 3.8) is 0 Å². The number of nitrogens with one attached hydrogen (secondary N) is 4. The fourth-order valence-electron chi connectivity index (χ4n) is 7.09. The molecule has 0 atom stereocenters. The van der Waals surface area contributed by atoms with Gasteiger partial charge >= 0.3 is 12.1 Å². The quantitative estimate of drug-likeness (QED) is 0.0179. The van der Waals surface area contributed by atoms with Gasteiger partial charge in [0, 0.05) is 57.4 Å². The Labute approximate surface area is 397 Å². The predicted octanol–water partition coefficient (Wildman–Crippen LogP) is 12.0. The van der Waals surface area contributed by atoms with E-state index in [-0.39, 0.29) is 22.7 Å². The number of rotatable bonds is 14. The molecule has 8 aromatic carbocycles. The van der Waals surface area contributed by atoms with E-state index >= 15 is 0 Å². The van der Waals surface area contributed by atoms with Gasteiger partial charge in [0.05, 0.1) is 17.1 Å². The van der Waals surface area contributed by atoms with E-state index in [0.717, 1.165) is 21.4 Å². The summed E-state index contributed by atoms with van der Waals surface area (Å²) in [7, 11) is 1.36. The molecule has 21 nitrogen and oxygen atoms in total. The number of primary amides is 1. The van der Waals surface area contributed by atoms with Crippen LogP contribution in [0.15, 0.2) is 189 Å². The van der Waals surface area contributed by atoms with Crippen LogP contribution in [0.1, 0.15) is 20.7 Å². The number of carbonyl (C=O) groups is 4. The molecular formula is C49H39N15O6. The molecule has 8 aromatic rings. The third-order valence-corrected chi connectivity index (χ3v) is 10.5. The molecule has 21 heteroatoms. The van der Waals surface area contributed by atoms with Crippen LogP contribution in [-0.2, 0) is 0 Å². The highest BCUT2D eigenvalue weighted by molar-refractivity contribution is 6.10. The van der Waals surface area contributed by atoms with E-state index in [1.165, 1.54) is 25.2 Å². The average Bonchev–Trinajstić information content (AvgIpc) is 3.37. The highest BCUT2D eigenvalue weighted by atomic mass is 16.3. The molecule has 0 unspecified atom stereocenters. The maximum absolute atomic E-state index is 13.3. The fraction of sp³-hybridized carbons (Fsp3) is 0.0204. The van der Waals surface area contributed by atoms with Gasteiger partial charge < -0.3 is 27.0 Å². The molecular weight excluding hydrogens is 895 g/mol. The topological polar surface area (TPSA) is 309 Å². The Morgan fingerprint density at radius 3 is 1.40 bits per heavy atom. The number of benzene rings is 8. The molecule has 0 spiro atoms. The number of hydrogen-bond donors (Lipinski definition) is 7. The zero-order chi connectivity index (χ0) is 49.3. The third-order valence-electron chi connectivity index (χ3n) is 10.5. The van der Waals surface area contributed by atoms with E-state index in [1.807, 2.05) is 0 Å². The first-order valence-electron chi connectivity index (χ1n) is 20.9. The molecule has 0 heterocycles. The van der Waals surface area contributed by atoms with Crippen molar-refractivity contribution in [1.82, 2.24) is 5.01 Å². The second-order valence-corrected chi connectivity index (χ2v) is 15.3. The number of fused-ring (bicyclic) bond motifs is 2. The van der Waals surface area contributed by atoms with Crippen molar-refractivity contribution in [2.75, 3.05) is 33.3 Å². The molecule has 0 aliphatic heterocycles. The maximum Gasteiger partial charge on any atom is 0.352 e. The van der Waals surface area contributed by atoms with Gasteiger partial charge in [0.1, 0.15) is 22.7 Å². The number of nitroso groups, excluding NO2 is 2. The van der Waals surface area contributed by atoms with Gasteiger partial charge in [-0.05, 0) is 142 Å². The van der Waals surface area contributed by atoms with Crippen molar-refractivity contribution >= 4 is 114 Å². The third kappa shape index (κ3) is 10.8. The lowest BCUT2D eigenvalue weighted by Gasteiger charge is -2.21.